The van der Waals surface area contributed by atoms with Gasteiger partial charge < -0.3 is 9.47 Å². The molecule has 2 heterocycles. The quantitative estimate of drug-likeness (QED) is 0.719. The molecule has 0 N–H and O–H groups in total. The van der Waals surface area contributed by atoms with Crippen LogP contribution in [0.15, 0.2) is 67.3 Å². The van der Waals surface area contributed by atoms with Gasteiger partial charge in [0.1, 0.15) is 0 Å². The number of nitrogens with zero attached hydrogens (tertiary/aromatic N) is 3. The maximum atomic E-state index is 13.1. The predicted molar refractivity (Wildman–Crippen MR) is 97.5 cm³/mol. The first kappa shape index (κ1) is 15.9. The SMILES string of the molecule is O=C(c1ccc(Cl)cc1)N1Cc2ccccc2C[C@H]1Cn1ccnc1. The van der Waals surface area contributed by atoms with Crippen molar-refractivity contribution >= 4 is 17.5 Å². The topological polar surface area (TPSA) is 38.1 Å². The van der Waals surface area contributed by atoms with Gasteiger partial charge in [0.15, 0.2) is 0 Å². The normalized spacial score (nSPS) is 16.5. The van der Waals surface area contributed by atoms with E-state index in [9.17, 15) is 4.79 Å². The number of rotatable bonds is 3. The Kier molecular flexibility index (Phi) is 4.28. The van der Waals surface area contributed by atoms with Gasteiger partial charge in [-0.25, -0.2) is 4.98 Å². The lowest BCUT2D eigenvalue weighted by Gasteiger charge is -2.37. The van der Waals surface area contributed by atoms with Gasteiger partial charge in [-0.2, -0.15) is 0 Å². The smallest absolute Gasteiger partial charge is 0.254 e. The molecule has 3 aromatic rings. The van der Waals surface area contributed by atoms with Gasteiger partial charge in [-0.15, -0.1) is 0 Å². The van der Waals surface area contributed by atoms with Crippen LogP contribution in [0.25, 0.3) is 0 Å². The molecule has 25 heavy (non-hydrogen) atoms. The lowest BCUT2D eigenvalue weighted by molar-refractivity contribution is 0.0618. The van der Waals surface area contributed by atoms with Gasteiger partial charge >= 0.3 is 0 Å². The van der Waals surface area contributed by atoms with E-state index in [0.29, 0.717) is 17.1 Å². The highest BCUT2D eigenvalue weighted by Gasteiger charge is 2.30. The van der Waals surface area contributed by atoms with Gasteiger partial charge in [0.05, 0.1) is 12.4 Å². The van der Waals surface area contributed by atoms with Crippen LogP contribution in [-0.2, 0) is 19.5 Å². The van der Waals surface area contributed by atoms with Crippen LogP contribution in [0.2, 0.25) is 5.02 Å². The zero-order chi connectivity index (χ0) is 17.2. The van der Waals surface area contributed by atoms with E-state index in [-0.39, 0.29) is 11.9 Å². The highest BCUT2D eigenvalue weighted by molar-refractivity contribution is 6.30. The Morgan fingerprint density at radius 3 is 2.60 bits per heavy atom. The number of hydrogen-bond acceptors (Lipinski definition) is 2. The van der Waals surface area contributed by atoms with Crippen molar-refractivity contribution in [1.82, 2.24) is 14.5 Å². The Labute approximate surface area is 151 Å². The van der Waals surface area contributed by atoms with Crippen molar-refractivity contribution in [3.05, 3.63) is 89.0 Å². The Hall–Kier alpha value is -2.59. The van der Waals surface area contributed by atoms with E-state index in [0.717, 1.165) is 13.0 Å². The van der Waals surface area contributed by atoms with Gasteiger partial charge in [-0.1, -0.05) is 35.9 Å². The number of aromatic nitrogens is 2. The molecule has 126 valence electrons. The van der Waals surface area contributed by atoms with Crippen molar-refractivity contribution in [3.8, 4) is 0 Å². The van der Waals surface area contributed by atoms with E-state index < -0.39 is 0 Å². The lowest BCUT2D eigenvalue weighted by atomic mass is 9.93. The summed E-state index contributed by atoms with van der Waals surface area (Å²) in [5, 5.41) is 0.635. The molecule has 1 aromatic heterocycles. The van der Waals surface area contributed by atoms with E-state index in [2.05, 4.69) is 23.2 Å². The first-order valence-electron chi connectivity index (χ1n) is 8.30. The minimum Gasteiger partial charge on any atom is -0.335 e. The molecule has 2 aromatic carbocycles. The zero-order valence-corrected chi connectivity index (χ0v) is 14.4. The summed E-state index contributed by atoms with van der Waals surface area (Å²) in [4.78, 5) is 19.2. The van der Waals surface area contributed by atoms with E-state index in [1.165, 1.54) is 11.1 Å². The van der Waals surface area contributed by atoms with Crippen molar-refractivity contribution in [1.29, 1.82) is 0 Å². The van der Waals surface area contributed by atoms with Gasteiger partial charge in [-0.05, 0) is 41.8 Å². The molecule has 0 spiro atoms. The second-order valence-electron chi connectivity index (χ2n) is 6.33. The molecule has 0 fully saturated rings. The zero-order valence-electron chi connectivity index (χ0n) is 13.7. The maximum Gasteiger partial charge on any atom is 0.254 e. The van der Waals surface area contributed by atoms with Crippen LogP contribution in [0, 0.1) is 0 Å². The van der Waals surface area contributed by atoms with Gasteiger partial charge in [-0.3, -0.25) is 4.79 Å². The molecular weight excluding hydrogens is 334 g/mol. The maximum absolute atomic E-state index is 13.1. The molecule has 0 saturated heterocycles. The number of carbonyl (C=O) groups excluding carboxylic acids is 1. The average Bonchev–Trinajstić information content (AvgIpc) is 3.14. The minimum absolute atomic E-state index is 0.0382. The van der Waals surface area contributed by atoms with Crippen molar-refractivity contribution < 1.29 is 4.79 Å². The van der Waals surface area contributed by atoms with Gasteiger partial charge in [0.2, 0.25) is 0 Å². The molecule has 4 nitrogen and oxygen atoms in total. The van der Waals surface area contributed by atoms with Gasteiger partial charge in [0.25, 0.3) is 5.91 Å². The molecule has 0 saturated carbocycles. The third-order valence-electron chi connectivity index (χ3n) is 4.69. The Morgan fingerprint density at radius 2 is 1.88 bits per heavy atom. The number of imidazole rings is 1. The second-order valence-corrected chi connectivity index (χ2v) is 6.76. The Morgan fingerprint density at radius 1 is 1.12 bits per heavy atom. The molecule has 1 atom stereocenters. The van der Waals surface area contributed by atoms with E-state index in [1.807, 2.05) is 21.7 Å². The van der Waals surface area contributed by atoms with Crippen molar-refractivity contribution in [2.24, 2.45) is 0 Å². The van der Waals surface area contributed by atoms with Crippen molar-refractivity contribution in [2.45, 2.75) is 25.6 Å². The standard InChI is InChI=1S/C20H18ClN3O/c21-18-7-5-15(6-8-18)20(25)24-12-17-4-2-1-3-16(17)11-19(24)13-23-10-9-22-14-23/h1-10,14,19H,11-13H2/t19-/m0/s1. The molecular formula is C20H18ClN3O. The van der Waals surface area contributed by atoms with E-state index in [4.69, 9.17) is 11.6 Å². The molecule has 4 rings (SSSR count). The molecule has 0 unspecified atom stereocenters. The average molecular weight is 352 g/mol. The molecule has 1 aliphatic heterocycles. The molecule has 1 amide bonds. The monoisotopic (exact) mass is 351 g/mol. The fraction of sp³-hybridized carbons (Fsp3) is 0.200. The van der Waals surface area contributed by atoms with Crippen molar-refractivity contribution in [3.63, 3.8) is 0 Å². The molecule has 0 aliphatic carbocycles. The first-order valence-corrected chi connectivity index (χ1v) is 8.67. The summed E-state index contributed by atoms with van der Waals surface area (Å²) in [5.41, 5.74) is 3.19. The molecule has 5 heteroatoms. The second kappa shape index (κ2) is 6.73. The van der Waals surface area contributed by atoms with Crippen LogP contribution < -0.4 is 0 Å². The number of halogens is 1. The van der Waals surface area contributed by atoms with Crippen LogP contribution in [0.4, 0.5) is 0 Å². The largest absolute Gasteiger partial charge is 0.335 e. The molecule has 0 bridgehead atoms. The third kappa shape index (κ3) is 3.30. The number of amides is 1. The van der Waals surface area contributed by atoms with Crippen LogP contribution in [-0.4, -0.2) is 26.4 Å². The fourth-order valence-corrected chi connectivity index (χ4v) is 3.51. The summed E-state index contributed by atoms with van der Waals surface area (Å²) in [6, 6.07) is 15.5. The van der Waals surface area contributed by atoms with Crippen LogP contribution in [0.5, 0.6) is 0 Å². The van der Waals surface area contributed by atoms with E-state index in [1.54, 1.807) is 36.8 Å². The lowest BCUT2D eigenvalue weighted by Crippen LogP contribution is -2.46. The Balaban J connectivity index is 1.66. The summed E-state index contributed by atoms with van der Waals surface area (Å²) in [7, 11) is 0. The van der Waals surface area contributed by atoms with Crippen LogP contribution in [0.3, 0.4) is 0 Å². The minimum atomic E-state index is 0.0382. The highest BCUT2D eigenvalue weighted by Crippen LogP contribution is 2.26. The van der Waals surface area contributed by atoms with E-state index >= 15 is 0 Å². The van der Waals surface area contributed by atoms with Crippen LogP contribution in [0.1, 0.15) is 21.5 Å². The Bertz CT molecular complexity index is 874. The summed E-state index contributed by atoms with van der Waals surface area (Å²) in [6.07, 6.45) is 6.34. The number of carbonyl (C=O) groups is 1. The number of hydrogen-bond donors (Lipinski definition) is 0. The summed E-state index contributed by atoms with van der Waals surface area (Å²) < 4.78 is 2.03. The fourth-order valence-electron chi connectivity index (χ4n) is 3.38. The first-order chi connectivity index (χ1) is 12.2. The van der Waals surface area contributed by atoms with Crippen molar-refractivity contribution in [2.75, 3.05) is 0 Å². The number of fused-ring (bicyclic) bond motifs is 1. The summed E-state index contributed by atoms with van der Waals surface area (Å²) in [5.74, 6) is 0.0382. The summed E-state index contributed by atoms with van der Waals surface area (Å²) in [6.45, 7) is 1.35. The highest BCUT2D eigenvalue weighted by atomic mass is 35.5. The third-order valence-corrected chi connectivity index (χ3v) is 4.94. The summed E-state index contributed by atoms with van der Waals surface area (Å²) >= 11 is 5.96. The number of benzene rings is 2. The molecule has 1 aliphatic rings. The van der Waals surface area contributed by atoms with Crippen LogP contribution >= 0.6 is 11.6 Å². The van der Waals surface area contributed by atoms with Gasteiger partial charge in [0, 0.05) is 36.1 Å². The predicted octanol–water partition coefficient (Wildman–Crippen LogP) is 3.80. The molecule has 0 radical (unpaired) electrons.